The van der Waals surface area contributed by atoms with Crippen molar-refractivity contribution < 1.29 is 4.74 Å². The van der Waals surface area contributed by atoms with Gasteiger partial charge in [-0.25, -0.2) is 0 Å². The minimum Gasteiger partial charge on any atom is -0.496 e. The summed E-state index contributed by atoms with van der Waals surface area (Å²) < 4.78 is 5.39. The Morgan fingerprint density at radius 2 is 1.90 bits per heavy atom. The number of hydrogen-bond donors (Lipinski definition) is 1. The van der Waals surface area contributed by atoms with Crippen LogP contribution in [0.25, 0.3) is 0 Å². The van der Waals surface area contributed by atoms with Crippen LogP contribution in [0, 0.1) is 0 Å². The predicted octanol–water partition coefficient (Wildman–Crippen LogP) is 3.49. The Morgan fingerprint density at radius 3 is 2.57 bits per heavy atom. The van der Waals surface area contributed by atoms with Crippen molar-refractivity contribution in [3.05, 3.63) is 58.6 Å². The Bertz CT molecular complexity index is 601. The first-order chi connectivity index (χ1) is 10.2. The quantitative estimate of drug-likeness (QED) is 0.888. The second-order valence-corrected chi connectivity index (χ2v) is 5.39. The van der Waals surface area contributed by atoms with Gasteiger partial charge in [0.1, 0.15) is 5.75 Å². The van der Waals surface area contributed by atoms with Gasteiger partial charge in [0.15, 0.2) is 0 Å². The fourth-order valence-electron chi connectivity index (χ4n) is 2.31. The third-order valence-corrected chi connectivity index (χ3v) is 3.84. The molecule has 0 aromatic heterocycles. The van der Waals surface area contributed by atoms with Crippen LogP contribution in [0.5, 0.6) is 5.75 Å². The van der Waals surface area contributed by atoms with Crippen molar-refractivity contribution in [3.63, 3.8) is 0 Å². The molecule has 0 spiro atoms. The average Bonchev–Trinajstić information content (AvgIpc) is 2.50. The maximum absolute atomic E-state index is 6.31. The van der Waals surface area contributed by atoms with Crippen molar-refractivity contribution in [1.29, 1.82) is 0 Å². The molecule has 0 bridgehead atoms. The fourth-order valence-corrected chi connectivity index (χ4v) is 2.58. The van der Waals surface area contributed by atoms with Crippen molar-refractivity contribution >= 4 is 17.3 Å². The molecule has 0 aliphatic heterocycles. The predicted molar refractivity (Wildman–Crippen MR) is 89.3 cm³/mol. The molecule has 0 unspecified atom stereocenters. The molecule has 2 aromatic carbocycles. The molecule has 0 atom stereocenters. The minimum absolute atomic E-state index is 0.607. The van der Waals surface area contributed by atoms with Gasteiger partial charge in [0, 0.05) is 29.9 Å². The number of ether oxygens (including phenoxy) is 1. The number of rotatable bonds is 6. The van der Waals surface area contributed by atoms with Gasteiger partial charge in [0.2, 0.25) is 0 Å². The highest BCUT2D eigenvalue weighted by atomic mass is 35.5. The van der Waals surface area contributed by atoms with Crippen LogP contribution in [0.4, 0.5) is 5.69 Å². The molecule has 0 radical (unpaired) electrons. The maximum atomic E-state index is 6.31. The van der Waals surface area contributed by atoms with Crippen LogP contribution in [-0.4, -0.2) is 20.7 Å². The van der Waals surface area contributed by atoms with Gasteiger partial charge in [-0.3, -0.25) is 0 Å². The van der Waals surface area contributed by atoms with Gasteiger partial charge in [0.25, 0.3) is 0 Å². The molecular weight excluding hydrogens is 284 g/mol. The Balaban J connectivity index is 2.16. The van der Waals surface area contributed by atoms with Gasteiger partial charge < -0.3 is 15.4 Å². The number of para-hydroxylation sites is 1. The number of hydrogen-bond acceptors (Lipinski definition) is 3. The van der Waals surface area contributed by atoms with Crippen molar-refractivity contribution in [2.45, 2.75) is 13.0 Å². The van der Waals surface area contributed by atoms with Crippen molar-refractivity contribution in [2.75, 3.05) is 25.6 Å². The average molecular weight is 305 g/mol. The van der Waals surface area contributed by atoms with E-state index in [9.17, 15) is 0 Å². The Labute approximate surface area is 131 Å². The van der Waals surface area contributed by atoms with Crippen LogP contribution in [0.3, 0.4) is 0 Å². The monoisotopic (exact) mass is 304 g/mol. The zero-order valence-electron chi connectivity index (χ0n) is 12.5. The number of benzene rings is 2. The second kappa shape index (κ2) is 7.34. The first kappa shape index (κ1) is 15.7. The lowest BCUT2D eigenvalue weighted by Gasteiger charge is -2.21. The summed E-state index contributed by atoms with van der Waals surface area (Å²) in [6, 6.07) is 14.1. The molecule has 112 valence electrons. The van der Waals surface area contributed by atoms with E-state index in [1.807, 2.05) is 37.4 Å². The van der Waals surface area contributed by atoms with E-state index in [1.165, 1.54) is 0 Å². The van der Waals surface area contributed by atoms with Gasteiger partial charge >= 0.3 is 0 Å². The molecule has 0 saturated heterocycles. The number of halogens is 1. The first-order valence-electron chi connectivity index (χ1n) is 6.97. The molecule has 2 rings (SSSR count). The van der Waals surface area contributed by atoms with Crippen LogP contribution in [-0.2, 0) is 13.0 Å². The lowest BCUT2D eigenvalue weighted by molar-refractivity contribution is 0.409. The second-order valence-electron chi connectivity index (χ2n) is 4.98. The standard InChI is InChI=1S/C17H21ClN2O/c1-20(12-14-5-3-4-6-17(14)21-2)15-8-7-13(9-10-19)16(18)11-15/h3-8,11H,9-10,12,19H2,1-2H3. The lowest BCUT2D eigenvalue weighted by Crippen LogP contribution is -2.17. The Hall–Kier alpha value is -1.71. The highest BCUT2D eigenvalue weighted by Gasteiger charge is 2.08. The highest BCUT2D eigenvalue weighted by Crippen LogP contribution is 2.26. The summed E-state index contributed by atoms with van der Waals surface area (Å²) in [4.78, 5) is 2.15. The van der Waals surface area contributed by atoms with Gasteiger partial charge in [-0.1, -0.05) is 35.9 Å². The van der Waals surface area contributed by atoms with Gasteiger partial charge in [-0.05, 0) is 36.7 Å². The van der Waals surface area contributed by atoms with Gasteiger partial charge in [-0.2, -0.15) is 0 Å². The molecule has 0 heterocycles. The summed E-state index contributed by atoms with van der Waals surface area (Å²) in [7, 11) is 3.73. The topological polar surface area (TPSA) is 38.5 Å². The smallest absolute Gasteiger partial charge is 0.123 e. The molecule has 0 aliphatic carbocycles. The summed E-state index contributed by atoms with van der Waals surface area (Å²) in [5, 5.41) is 0.768. The molecular formula is C17H21ClN2O. The summed E-state index contributed by atoms with van der Waals surface area (Å²) in [6.07, 6.45) is 0.801. The molecule has 0 amide bonds. The SMILES string of the molecule is COc1ccccc1CN(C)c1ccc(CCN)c(Cl)c1. The lowest BCUT2D eigenvalue weighted by atomic mass is 10.1. The maximum Gasteiger partial charge on any atom is 0.123 e. The van der Waals surface area contributed by atoms with E-state index in [-0.39, 0.29) is 0 Å². The van der Waals surface area contributed by atoms with Crippen molar-refractivity contribution in [1.82, 2.24) is 0 Å². The van der Waals surface area contributed by atoms with Crippen molar-refractivity contribution in [3.8, 4) is 5.75 Å². The van der Waals surface area contributed by atoms with E-state index < -0.39 is 0 Å². The zero-order valence-corrected chi connectivity index (χ0v) is 13.2. The Morgan fingerprint density at radius 1 is 1.14 bits per heavy atom. The zero-order chi connectivity index (χ0) is 15.2. The molecule has 2 N–H and O–H groups in total. The molecule has 0 fully saturated rings. The van der Waals surface area contributed by atoms with E-state index in [4.69, 9.17) is 22.1 Å². The number of nitrogens with zero attached hydrogens (tertiary/aromatic N) is 1. The van der Waals surface area contributed by atoms with Crippen LogP contribution in [0.1, 0.15) is 11.1 Å². The largest absolute Gasteiger partial charge is 0.496 e. The summed E-state index contributed by atoms with van der Waals surface area (Å²) in [5.74, 6) is 0.898. The van der Waals surface area contributed by atoms with Crippen LogP contribution < -0.4 is 15.4 Å². The number of anilines is 1. The van der Waals surface area contributed by atoms with Gasteiger partial charge in [-0.15, -0.1) is 0 Å². The van der Waals surface area contributed by atoms with Gasteiger partial charge in [0.05, 0.1) is 7.11 Å². The summed E-state index contributed by atoms with van der Waals surface area (Å²) in [6.45, 7) is 1.37. The molecule has 4 heteroatoms. The third kappa shape index (κ3) is 3.90. The number of nitrogens with two attached hydrogens (primary N) is 1. The Kier molecular flexibility index (Phi) is 5.48. The molecule has 0 saturated carbocycles. The third-order valence-electron chi connectivity index (χ3n) is 3.49. The van der Waals surface area contributed by atoms with Crippen LogP contribution in [0.15, 0.2) is 42.5 Å². The minimum atomic E-state index is 0.607. The molecule has 2 aromatic rings. The first-order valence-corrected chi connectivity index (χ1v) is 7.35. The normalized spacial score (nSPS) is 10.5. The van der Waals surface area contributed by atoms with Crippen LogP contribution in [0.2, 0.25) is 5.02 Å². The van der Waals surface area contributed by atoms with E-state index in [1.54, 1.807) is 7.11 Å². The number of methoxy groups -OCH3 is 1. The van der Waals surface area contributed by atoms with Crippen molar-refractivity contribution in [2.24, 2.45) is 5.73 Å². The molecule has 21 heavy (non-hydrogen) atoms. The molecule has 3 nitrogen and oxygen atoms in total. The van der Waals surface area contributed by atoms with E-state index in [0.29, 0.717) is 6.54 Å². The highest BCUT2D eigenvalue weighted by molar-refractivity contribution is 6.31. The van der Waals surface area contributed by atoms with Crippen LogP contribution >= 0.6 is 11.6 Å². The van der Waals surface area contributed by atoms with E-state index in [0.717, 1.165) is 40.6 Å². The van der Waals surface area contributed by atoms with E-state index in [2.05, 4.69) is 17.0 Å². The summed E-state index contributed by atoms with van der Waals surface area (Å²) >= 11 is 6.31. The fraction of sp³-hybridized carbons (Fsp3) is 0.294. The molecule has 0 aliphatic rings. The summed E-state index contributed by atoms with van der Waals surface area (Å²) in [5.41, 5.74) is 8.89. The van der Waals surface area contributed by atoms with E-state index >= 15 is 0 Å².